The Morgan fingerprint density at radius 3 is 2.32 bits per heavy atom. The molecule has 1 heterocycles. The van der Waals surface area contributed by atoms with E-state index in [-0.39, 0.29) is 12.1 Å². The van der Waals surface area contributed by atoms with Crippen LogP contribution in [0.2, 0.25) is 0 Å². The molecule has 0 fully saturated rings. The van der Waals surface area contributed by atoms with E-state index in [0.29, 0.717) is 0 Å². The number of hydrogen-bond acceptors (Lipinski definition) is 4. The van der Waals surface area contributed by atoms with Gasteiger partial charge >= 0.3 is 0 Å². The van der Waals surface area contributed by atoms with Crippen molar-refractivity contribution < 1.29 is 9.15 Å². The molecule has 19 heavy (non-hydrogen) atoms. The van der Waals surface area contributed by atoms with Crippen molar-refractivity contribution in [2.45, 2.75) is 30.9 Å². The van der Waals surface area contributed by atoms with Crippen LogP contribution < -0.4 is 10.5 Å². The van der Waals surface area contributed by atoms with E-state index in [9.17, 15) is 0 Å². The van der Waals surface area contributed by atoms with Crippen LogP contribution in [0.15, 0.2) is 45.7 Å². The number of ether oxygens (including phenoxy) is 1. The number of furan rings is 1. The first-order chi connectivity index (χ1) is 9.10. The van der Waals surface area contributed by atoms with Crippen molar-refractivity contribution in [1.29, 1.82) is 0 Å². The second-order valence-corrected chi connectivity index (χ2v) is 5.40. The minimum atomic E-state index is -0.270. The van der Waals surface area contributed by atoms with Gasteiger partial charge in [-0.1, -0.05) is 0 Å². The van der Waals surface area contributed by atoms with Gasteiger partial charge in [-0.15, -0.1) is 11.8 Å². The molecule has 0 saturated heterocycles. The lowest BCUT2D eigenvalue weighted by atomic mass is 10.1. The van der Waals surface area contributed by atoms with Crippen molar-refractivity contribution in [3.63, 3.8) is 0 Å². The van der Waals surface area contributed by atoms with Crippen LogP contribution in [0.5, 0.6) is 5.75 Å². The Kier molecular flexibility index (Phi) is 4.56. The van der Waals surface area contributed by atoms with Crippen LogP contribution in [0.1, 0.15) is 24.5 Å². The third kappa shape index (κ3) is 3.55. The molecular formula is C15H19NO2S. The summed E-state index contributed by atoms with van der Waals surface area (Å²) in [4.78, 5) is 1.21. The Morgan fingerprint density at radius 2 is 1.84 bits per heavy atom. The Bertz CT molecular complexity index is 519. The van der Waals surface area contributed by atoms with E-state index in [4.69, 9.17) is 14.9 Å². The second kappa shape index (κ2) is 6.17. The predicted octanol–water partition coefficient (Wildman–Crippen LogP) is 3.78. The molecule has 0 aliphatic carbocycles. The normalized spacial score (nSPS) is 14.1. The lowest BCUT2D eigenvalue weighted by Crippen LogP contribution is -2.28. The standard InChI is InChI=1S/C15H19NO2S/c1-10-4-9-14(17-10)15(11(2)16)18-12-5-7-13(19-3)8-6-12/h4-9,11,15H,16H2,1-3H3. The third-order valence-corrected chi connectivity index (χ3v) is 3.59. The fraction of sp³-hybridized carbons (Fsp3) is 0.333. The highest BCUT2D eigenvalue weighted by Crippen LogP contribution is 2.27. The van der Waals surface area contributed by atoms with Gasteiger partial charge in [0, 0.05) is 10.9 Å². The van der Waals surface area contributed by atoms with Gasteiger partial charge in [-0.2, -0.15) is 0 Å². The molecule has 2 unspecified atom stereocenters. The first-order valence-electron chi connectivity index (χ1n) is 6.23. The predicted molar refractivity (Wildman–Crippen MR) is 78.7 cm³/mol. The van der Waals surface area contributed by atoms with E-state index in [1.54, 1.807) is 11.8 Å². The molecule has 102 valence electrons. The summed E-state index contributed by atoms with van der Waals surface area (Å²) in [6.45, 7) is 3.83. The lowest BCUT2D eigenvalue weighted by molar-refractivity contribution is 0.151. The summed E-state index contributed by atoms with van der Waals surface area (Å²) in [5.41, 5.74) is 5.99. The fourth-order valence-electron chi connectivity index (χ4n) is 1.83. The van der Waals surface area contributed by atoms with Gasteiger partial charge in [0.2, 0.25) is 0 Å². The first-order valence-corrected chi connectivity index (χ1v) is 7.45. The van der Waals surface area contributed by atoms with Crippen LogP contribution in [-0.4, -0.2) is 12.3 Å². The van der Waals surface area contributed by atoms with Gasteiger partial charge < -0.3 is 14.9 Å². The van der Waals surface area contributed by atoms with Gasteiger partial charge in [0.15, 0.2) is 6.10 Å². The highest BCUT2D eigenvalue weighted by Gasteiger charge is 2.21. The molecule has 0 radical (unpaired) electrons. The first kappa shape index (κ1) is 14.0. The molecule has 2 aromatic rings. The summed E-state index contributed by atoms with van der Waals surface area (Å²) in [5, 5.41) is 0. The van der Waals surface area contributed by atoms with Crippen LogP contribution in [0.4, 0.5) is 0 Å². The molecule has 0 spiro atoms. The van der Waals surface area contributed by atoms with E-state index >= 15 is 0 Å². The molecule has 1 aromatic carbocycles. The van der Waals surface area contributed by atoms with Gasteiger partial charge in [-0.25, -0.2) is 0 Å². The summed E-state index contributed by atoms with van der Waals surface area (Å²) in [6.07, 6.45) is 1.78. The highest BCUT2D eigenvalue weighted by molar-refractivity contribution is 7.98. The quantitative estimate of drug-likeness (QED) is 0.845. The number of aryl methyl sites for hydroxylation is 1. The van der Waals surface area contributed by atoms with Crippen LogP contribution in [-0.2, 0) is 0 Å². The van der Waals surface area contributed by atoms with Crippen molar-refractivity contribution in [2.24, 2.45) is 5.73 Å². The molecule has 2 atom stereocenters. The summed E-state index contributed by atoms with van der Waals surface area (Å²) in [7, 11) is 0. The Hall–Kier alpha value is -1.39. The maximum atomic E-state index is 5.99. The molecule has 0 amide bonds. The van der Waals surface area contributed by atoms with E-state index in [0.717, 1.165) is 17.3 Å². The Balaban J connectivity index is 2.16. The fourth-order valence-corrected chi connectivity index (χ4v) is 2.24. The molecule has 0 aliphatic rings. The zero-order valence-electron chi connectivity index (χ0n) is 11.4. The van der Waals surface area contributed by atoms with Crippen molar-refractivity contribution >= 4 is 11.8 Å². The summed E-state index contributed by atoms with van der Waals surface area (Å²) < 4.78 is 11.6. The Labute approximate surface area is 118 Å². The Morgan fingerprint density at radius 1 is 1.16 bits per heavy atom. The minimum absolute atomic E-state index is 0.147. The maximum absolute atomic E-state index is 5.99. The average molecular weight is 277 g/mol. The molecule has 3 nitrogen and oxygen atoms in total. The smallest absolute Gasteiger partial charge is 0.171 e. The maximum Gasteiger partial charge on any atom is 0.171 e. The van der Waals surface area contributed by atoms with Gasteiger partial charge in [0.1, 0.15) is 17.3 Å². The van der Waals surface area contributed by atoms with E-state index < -0.39 is 0 Å². The topological polar surface area (TPSA) is 48.4 Å². The van der Waals surface area contributed by atoms with E-state index in [1.165, 1.54) is 4.90 Å². The van der Waals surface area contributed by atoms with Gasteiger partial charge in [-0.05, 0) is 56.5 Å². The molecule has 0 saturated carbocycles. The van der Waals surface area contributed by atoms with Crippen molar-refractivity contribution in [3.05, 3.63) is 47.9 Å². The summed E-state index contributed by atoms with van der Waals surface area (Å²) in [5.74, 6) is 2.43. The monoisotopic (exact) mass is 277 g/mol. The SMILES string of the molecule is CSc1ccc(OC(c2ccc(C)o2)C(C)N)cc1. The second-order valence-electron chi connectivity index (χ2n) is 4.52. The van der Waals surface area contributed by atoms with Crippen molar-refractivity contribution in [3.8, 4) is 5.75 Å². The molecule has 1 aromatic heterocycles. The number of hydrogen-bond donors (Lipinski definition) is 1. The van der Waals surface area contributed by atoms with Gasteiger partial charge in [-0.3, -0.25) is 0 Å². The van der Waals surface area contributed by atoms with Crippen LogP contribution in [0.25, 0.3) is 0 Å². The van der Waals surface area contributed by atoms with Crippen molar-refractivity contribution in [2.75, 3.05) is 6.26 Å². The number of thioether (sulfide) groups is 1. The number of nitrogens with two attached hydrogens (primary N) is 1. The van der Waals surface area contributed by atoms with Crippen LogP contribution in [0.3, 0.4) is 0 Å². The van der Waals surface area contributed by atoms with Crippen molar-refractivity contribution in [1.82, 2.24) is 0 Å². The van der Waals surface area contributed by atoms with E-state index in [1.807, 2.05) is 56.5 Å². The third-order valence-electron chi connectivity index (χ3n) is 2.84. The van der Waals surface area contributed by atoms with Gasteiger partial charge in [0.05, 0.1) is 0 Å². The van der Waals surface area contributed by atoms with Crippen LogP contribution in [0, 0.1) is 6.92 Å². The van der Waals surface area contributed by atoms with E-state index in [2.05, 4.69) is 0 Å². The molecule has 2 rings (SSSR count). The zero-order chi connectivity index (χ0) is 13.8. The molecule has 2 N–H and O–H groups in total. The minimum Gasteiger partial charge on any atom is -0.481 e. The zero-order valence-corrected chi connectivity index (χ0v) is 12.2. The molecule has 4 heteroatoms. The van der Waals surface area contributed by atoms with Crippen LogP contribution >= 0.6 is 11.8 Å². The lowest BCUT2D eigenvalue weighted by Gasteiger charge is -2.20. The molecular weight excluding hydrogens is 258 g/mol. The summed E-state index contributed by atoms with van der Waals surface area (Å²) >= 11 is 1.70. The van der Waals surface area contributed by atoms with Gasteiger partial charge in [0.25, 0.3) is 0 Å². The largest absolute Gasteiger partial charge is 0.481 e. The molecule has 0 aliphatic heterocycles. The highest BCUT2D eigenvalue weighted by atomic mass is 32.2. The number of rotatable bonds is 5. The average Bonchev–Trinajstić information content (AvgIpc) is 2.82. The number of benzene rings is 1. The summed E-state index contributed by atoms with van der Waals surface area (Å²) in [6, 6.07) is 11.7. The molecule has 0 bridgehead atoms.